The molecule has 0 fully saturated rings. The molecule has 1 heterocycles. The van der Waals surface area contributed by atoms with Crippen molar-refractivity contribution in [3.8, 4) is 5.75 Å². The Bertz CT molecular complexity index is 590. The first kappa shape index (κ1) is 13.8. The van der Waals surface area contributed by atoms with Gasteiger partial charge in [-0.05, 0) is 53.2 Å². The summed E-state index contributed by atoms with van der Waals surface area (Å²) in [6.45, 7) is 2.37. The molecule has 0 bridgehead atoms. The Kier molecular flexibility index (Phi) is 4.37. The van der Waals surface area contributed by atoms with Crippen molar-refractivity contribution in [1.82, 2.24) is 4.98 Å². The summed E-state index contributed by atoms with van der Waals surface area (Å²) in [4.78, 5) is 4.37. The van der Waals surface area contributed by atoms with Gasteiger partial charge in [0, 0.05) is 16.6 Å². The number of nitrogens with one attached hydrogen (secondary N) is 1. The van der Waals surface area contributed by atoms with Gasteiger partial charge in [0.2, 0.25) is 0 Å². The highest BCUT2D eigenvalue weighted by Gasteiger charge is 2.05. The van der Waals surface area contributed by atoms with E-state index in [1.54, 1.807) is 13.2 Å². The normalized spacial score (nSPS) is 10.3. The SMILES string of the molecule is COc1ccc(F)cc1CNc1ccc(Br)c(C)n1. The van der Waals surface area contributed by atoms with E-state index in [1.807, 2.05) is 19.1 Å². The Morgan fingerprint density at radius 3 is 2.79 bits per heavy atom. The van der Waals surface area contributed by atoms with E-state index in [9.17, 15) is 4.39 Å². The zero-order chi connectivity index (χ0) is 13.8. The fourth-order valence-electron chi connectivity index (χ4n) is 1.71. The van der Waals surface area contributed by atoms with Crippen LogP contribution in [0.25, 0.3) is 0 Å². The van der Waals surface area contributed by atoms with Gasteiger partial charge < -0.3 is 10.1 Å². The van der Waals surface area contributed by atoms with Crippen molar-refractivity contribution in [3.63, 3.8) is 0 Å². The van der Waals surface area contributed by atoms with Crippen LogP contribution in [0.4, 0.5) is 10.2 Å². The summed E-state index contributed by atoms with van der Waals surface area (Å²) < 4.78 is 19.4. The first-order valence-electron chi connectivity index (χ1n) is 5.79. The monoisotopic (exact) mass is 324 g/mol. The van der Waals surface area contributed by atoms with Crippen LogP contribution in [0, 0.1) is 12.7 Å². The zero-order valence-electron chi connectivity index (χ0n) is 10.7. The van der Waals surface area contributed by atoms with Gasteiger partial charge in [-0.3, -0.25) is 0 Å². The Morgan fingerprint density at radius 1 is 1.32 bits per heavy atom. The van der Waals surface area contributed by atoms with Crippen LogP contribution in [-0.2, 0) is 6.54 Å². The molecule has 19 heavy (non-hydrogen) atoms. The van der Waals surface area contributed by atoms with Crippen LogP contribution in [0.5, 0.6) is 5.75 Å². The number of pyridine rings is 1. The zero-order valence-corrected chi connectivity index (χ0v) is 12.3. The van der Waals surface area contributed by atoms with E-state index in [1.165, 1.54) is 12.1 Å². The van der Waals surface area contributed by atoms with Crippen molar-refractivity contribution in [2.24, 2.45) is 0 Å². The van der Waals surface area contributed by atoms with E-state index in [0.717, 1.165) is 21.5 Å². The standard InChI is InChI=1S/C14H14BrFN2O/c1-9-12(15)4-6-14(18-9)17-8-10-7-11(16)3-5-13(10)19-2/h3-7H,8H2,1-2H3,(H,17,18). The Balaban J connectivity index is 2.13. The van der Waals surface area contributed by atoms with Gasteiger partial charge in [-0.25, -0.2) is 9.37 Å². The summed E-state index contributed by atoms with van der Waals surface area (Å²) in [6.07, 6.45) is 0. The van der Waals surface area contributed by atoms with Crippen LogP contribution in [0.1, 0.15) is 11.3 Å². The first-order valence-corrected chi connectivity index (χ1v) is 6.59. The molecule has 0 spiro atoms. The third kappa shape index (κ3) is 3.44. The lowest BCUT2D eigenvalue weighted by Gasteiger charge is -2.11. The van der Waals surface area contributed by atoms with E-state index in [4.69, 9.17) is 4.74 Å². The molecular weight excluding hydrogens is 311 g/mol. The number of methoxy groups -OCH3 is 1. The number of hydrogen-bond donors (Lipinski definition) is 1. The number of hydrogen-bond acceptors (Lipinski definition) is 3. The smallest absolute Gasteiger partial charge is 0.126 e. The largest absolute Gasteiger partial charge is 0.496 e. The van der Waals surface area contributed by atoms with E-state index < -0.39 is 0 Å². The van der Waals surface area contributed by atoms with Crippen molar-refractivity contribution < 1.29 is 9.13 Å². The number of anilines is 1. The molecule has 0 amide bonds. The topological polar surface area (TPSA) is 34.1 Å². The number of benzene rings is 1. The lowest BCUT2D eigenvalue weighted by molar-refractivity contribution is 0.409. The van der Waals surface area contributed by atoms with Gasteiger partial charge in [0.1, 0.15) is 17.4 Å². The molecule has 3 nitrogen and oxygen atoms in total. The highest BCUT2D eigenvalue weighted by Crippen LogP contribution is 2.21. The molecule has 0 aliphatic rings. The van der Waals surface area contributed by atoms with Gasteiger partial charge in [-0.1, -0.05) is 0 Å². The summed E-state index contributed by atoms with van der Waals surface area (Å²) in [7, 11) is 1.57. The molecule has 0 atom stereocenters. The summed E-state index contributed by atoms with van der Waals surface area (Å²) >= 11 is 3.40. The highest BCUT2D eigenvalue weighted by molar-refractivity contribution is 9.10. The van der Waals surface area contributed by atoms with E-state index in [-0.39, 0.29) is 5.82 Å². The maximum Gasteiger partial charge on any atom is 0.126 e. The summed E-state index contributed by atoms with van der Waals surface area (Å²) in [5.74, 6) is 1.12. The Labute approximate surface area is 119 Å². The van der Waals surface area contributed by atoms with Gasteiger partial charge in [0.05, 0.1) is 12.8 Å². The maximum absolute atomic E-state index is 13.2. The maximum atomic E-state index is 13.2. The number of aryl methyl sites for hydroxylation is 1. The molecular formula is C14H14BrFN2O. The molecule has 0 aliphatic carbocycles. The molecule has 0 unspecified atom stereocenters. The molecule has 2 rings (SSSR count). The third-order valence-electron chi connectivity index (χ3n) is 2.72. The molecule has 0 radical (unpaired) electrons. The molecule has 0 aliphatic heterocycles. The van der Waals surface area contributed by atoms with Crippen molar-refractivity contribution >= 4 is 21.7 Å². The molecule has 5 heteroatoms. The second-order valence-corrected chi connectivity index (χ2v) is 4.93. The Hall–Kier alpha value is -1.62. The molecule has 100 valence electrons. The molecule has 1 N–H and O–H groups in total. The average molecular weight is 325 g/mol. The van der Waals surface area contributed by atoms with Crippen LogP contribution in [0.15, 0.2) is 34.8 Å². The van der Waals surface area contributed by atoms with Gasteiger partial charge in [-0.2, -0.15) is 0 Å². The first-order chi connectivity index (χ1) is 9.10. The highest BCUT2D eigenvalue weighted by atomic mass is 79.9. The van der Waals surface area contributed by atoms with Crippen LogP contribution in [-0.4, -0.2) is 12.1 Å². The number of halogens is 2. The molecule has 2 aromatic rings. The van der Waals surface area contributed by atoms with Crippen LogP contribution >= 0.6 is 15.9 Å². The van der Waals surface area contributed by atoms with Gasteiger partial charge in [0.15, 0.2) is 0 Å². The summed E-state index contributed by atoms with van der Waals surface area (Å²) in [5.41, 5.74) is 1.65. The lowest BCUT2D eigenvalue weighted by atomic mass is 10.2. The Morgan fingerprint density at radius 2 is 2.11 bits per heavy atom. The predicted octanol–water partition coefficient (Wildman–Crippen LogP) is 3.91. The molecule has 1 aromatic heterocycles. The van der Waals surface area contributed by atoms with E-state index in [2.05, 4.69) is 26.2 Å². The van der Waals surface area contributed by atoms with Gasteiger partial charge >= 0.3 is 0 Å². The number of rotatable bonds is 4. The third-order valence-corrected chi connectivity index (χ3v) is 3.56. The van der Waals surface area contributed by atoms with E-state index >= 15 is 0 Å². The number of aromatic nitrogens is 1. The fourth-order valence-corrected chi connectivity index (χ4v) is 1.93. The predicted molar refractivity (Wildman–Crippen MR) is 77.0 cm³/mol. The van der Waals surface area contributed by atoms with Crippen molar-refractivity contribution in [2.75, 3.05) is 12.4 Å². The summed E-state index contributed by atoms with van der Waals surface area (Å²) in [6, 6.07) is 8.24. The van der Waals surface area contributed by atoms with Crippen LogP contribution in [0.3, 0.4) is 0 Å². The average Bonchev–Trinajstić information content (AvgIpc) is 2.40. The minimum atomic E-state index is -0.280. The van der Waals surface area contributed by atoms with Gasteiger partial charge in [-0.15, -0.1) is 0 Å². The number of ether oxygens (including phenoxy) is 1. The quantitative estimate of drug-likeness (QED) is 0.925. The van der Waals surface area contributed by atoms with Crippen LogP contribution in [0.2, 0.25) is 0 Å². The minimum Gasteiger partial charge on any atom is -0.496 e. The minimum absolute atomic E-state index is 0.280. The lowest BCUT2D eigenvalue weighted by Crippen LogP contribution is -2.04. The molecule has 0 saturated heterocycles. The second-order valence-electron chi connectivity index (χ2n) is 4.07. The van der Waals surface area contributed by atoms with Crippen molar-refractivity contribution in [2.45, 2.75) is 13.5 Å². The second kappa shape index (κ2) is 6.02. The fraction of sp³-hybridized carbons (Fsp3) is 0.214. The molecule has 0 saturated carbocycles. The van der Waals surface area contributed by atoms with Gasteiger partial charge in [0.25, 0.3) is 0 Å². The number of nitrogens with zero attached hydrogens (tertiary/aromatic N) is 1. The summed E-state index contributed by atoms with van der Waals surface area (Å²) in [5, 5.41) is 3.15. The van der Waals surface area contributed by atoms with Crippen molar-refractivity contribution in [3.05, 3.63) is 51.9 Å². The van der Waals surface area contributed by atoms with Crippen molar-refractivity contribution in [1.29, 1.82) is 0 Å². The molecule has 1 aromatic carbocycles. The van der Waals surface area contributed by atoms with E-state index in [0.29, 0.717) is 12.3 Å². The van der Waals surface area contributed by atoms with Crippen LogP contribution < -0.4 is 10.1 Å².